The molecule has 0 saturated heterocycles. The van der Waals surface area contributed by atoms with Crippen molar-refractivity contribution >= 4 is 11.8 Å². The van der Waals surface area contributed by atoms with Crippen LogP contribution in [-0.4, -0.2) is 27.8 Å². The topological polar surface area (TPSA) is 42.3 Å². The van der Waals surface area contributed by atoms with E-state index in [0.29, 0.717) is 17.8 Å². The molecule has 13 heavy (non-hydrogen) atoms. The molecule has 1 aromatic rings. The van der Waals surface area contributed by atoms with Gasteiger partial charge >= 0.3 is 0 Å². The van der Waals surface area contributed by atoms with Crippen LogP contribution in [0.1, 0.15) is 27.8 Å². The predicted octanol–water partition coefficient (Wildman–Crippen LogP) is 0.641. The Balaban J connectivity index is 2.58. The van der Waals surface area contributed by atoms with Crippen LogP contribution in [0.4, 0.5) is 0 Å². The molecule has 0 bridgehead atoms. The van der Waals surface area contributed by atoms with E-state index in [2.05, 4.69) is 0 Å². The van der Waals surface area contributed by atoms with Gasteiger partial charge in [0.05, 0.1) is 5.56 Å². The molecule has 0 unspecified atom stereocenters. The molecule has 0 N–H and O–H groups in total. The molecule has 2 rings (SSSR count). The smallest absolute Gasteiger partial charge is 0.278 e. The van der Waals surface area contributed by atoms with Crippen LogP contribution in [0.2, 0.25) is 0 Å². The first-order valence-electron chi connectivity index (χ1n) is 4.18. The van der Waals surface area contributed by atoms with Crippen molar-refractivity contribution in [3.63, 3.8) is 0 Å². The fourth-order valence-corrected chi connectivity index (χ4v) is 1.62. The number of fused-ring (bicyclic) bond motifs is 1. The van der Waals surface area contributed by atoms with E-state index in [1.165, 1.54) is 4.90 Å². The van der Waals surface area contributed by atoms with Crippen molar-refractivity contribution in [3.05, 3.63) is 23.5 Å². The van der Waals surface area contributed by atoms with Crippen LogP contribution < -0.4 is 0 Å². The van der Waals surface area contributed by atoms with Gasteiger partial charge in [0.2, 0.25) is 0 Å². The largest absolute Gasteiger partial charge is 0.346 e. The summed E-state index contributed by atoms with van der Waals surface area (Å²) in [5, 5.41) is 0. The summed E-state index contributed by atoms with van der Waals surface area (Å²) in [6.07, 6.45) is 1.73. The van der Waals surface area contributed by atoms with Crippen LogP contribution >= 0.6 is 0 Å². The van der Waals surface area contributed by atoms with Gasteiger partial charge in [0.25, 0.3) is 11.8 Å². The number of aryl methyl sites for hydroxylation is 1. The monoisotopic (exact) mass is 178 g/mol. The Kier molecular flexibility index (Phi) is 1.52. The van der Waals surface area contributed by atoms with Crippen molar-refractivity contribution in [2.45, 2.75) is 6.92 Å². The number of hydrogen-bond acceptors (Lipinski definition) is 2. The average Bonchev–Trinajstić information content (AvgIpc) is 2.57. The fourth-order valence-electron chi connectivity index (χ4n) is 1.62. The lowest BCUT2D eigenvalue weighted by atomic mass is 10.3. The highest BCUT2D eigenvalue weighted by atomic mass is 16.2. The van der Waals surface area contributed by atoms with E-state index in [1.54, 1.807) is 30.8 Å². The summed E-state index contributed by atoms with van der Waals surface area (Å²) in [4.78, 5) is 24.4. The SMILES string of the molecule is CCN1C(=O)c2ccn(C)c2C1=O. The van der Waals surface area contributed by atoms with Crippen molar-refractivity contribution in [3.8, 4) is 0 Å². The first-order valence-corrected chi connectivity index (χ1v) is 4.18. The number of carbonyl (C=O) groups is 2. The average molecular weight is 178 g/mol. The molecule has 1 aliphatic rings. The lowest BCUT2D eigenvalue weighted by Crippen LogP contribution is -2.30. The Morgan fingerprint density at radius 2 is 2.00 bits per heavy atom. The van der Waals surface area contributed by atoms with Crippen molar-refractivity contribution < 1.29 is 9.59 Å². The first-order chi connectivity index (χ1) is 6.16. The molecule has 1 aromatic heterocycles. The number of imide groups is 1. The molecule has 68 valence electrons. The summed E-state index contributed by atoms with van der Waals surface area (Å²) in [6.45, 7) is 2.23. The molecule has 0 aromatic carbocycles. The highest BCUT2D eigenvalue weighted by Crippen LogP contribution is 2.22. The summed E-state index contributed by atoms with van der Waals surface area (Å²) in [6, 6.07) is 1.69. The Bertz CT molecular complexity index is 392. The summed E-state index contributed by atoms with van der Waals surface area (Å²) in [5.41, 5.74) is 1.03. The highest BCUT2D eigenvalue weighted by Gasteiger charge is 2.36. The van der Waals surface area contributed by atoms with E-state index in [0.717, 1.165) is 0 Å². The van der Waals surface area contributed by atoms with Crippen LogP contribution in [0.3, 0.4) is 0 Å². The molecule has 0 saturated carbocycles. The van der Waals surface area contributed by atoms with E-state index >= 15 is 0 Å². The summed E-state index contributed by atoms with van der Waals surface area (Å²) in [7, 11) is 1.77. The van der Waals surface area contributed by atoms with Crippen LogP contribution in [0.5, 0.6) is 0 Å². The van der Waals surface area contributed by atoms with Gasteiger partial charge in [-0.2, -0.15) is 0 Å². The maximum absolute atomic E-state index is 11.6. The van der Waals surface area contributed by atoms with Crippen LogP contribution in [0.25, 0.3) is 0 Å². The molecule has 0 aliphatic carbocycles. The third-order valence-corrected chi connectivity index (χ3v) is 2.31. The van der Waals surface area contributed by atoms with Crippen LogP contribution in [0, 0.1) is 0 Å². The zero-order chi connectivity index (χ0) is 9.59. The number of rotatable bonds is 1. The number of amides is 2. The predicted molar refractivity (Wildman–Crippen MR) is 46.5 cm³/mol. The highest BCUT2D eigenvalue weighted by molar-refractivity contribution is 6.20. The first kappa shape index (κ1) is 8.04. The molecule has 2 amide bonds. The minimum absolute atomic E-state index is 0.178. The number of nitrogens with zero attached hydrogens (tertiary/aromatic N) is 2. The van der Waals surface area contributed by atoms with Gasteiger partial charge in [0.1, 0.15) is 5.69 Å². The van der Waals surface area contributed by atoms with E-state index in [-0.39, 0.29) is 11.8 Å². The van der Waals surface area contributed by atoms with E-state index in [1.807, 2.05) is 0 Å². The molecule has 1 aliphatic heterocycles. The molecule has 4 nitrogen and oxygen atoms in total. The quantitative estimate of drug-likeness (QED) is 0.592. The van der Waals surface area contributed by atoms with E-state index in [4.69, 9.17) is 0 Å². The lowest BCUT2D eigenvalue weighted by Gasteiger charge is -2.10. The van der Waals surface area contributed by atoms with Gasteiger partial charge in [-0.1, -0.05) is 0 Å². The fraction of sp³-hybridized carbons (Fsp3) is 0.333. The standard InChI is InChI=1S/C9H10N2O2/c1-3-11-8(12)6-4-5-10(2)7(6)9(11)13/h4-5H,3H2,1-2H3. The van der Waals surface area contributed by atoms with Gasteiger partial charge < -0.3 is 4.57 Å². The Labute approximate surface area is 75.8 Å². The maximum atomic E-state index is 11.6. The van der Waals surface area contributed by atoms with Gasteiger partial charge in [0, 0.05) is 19.8 Å². The molecule has 0 radical (unpaired) electrons. The number of carbonyl (C=O) groups excluding carboxylic acids is 2. The molecule has 0 fully saturated rings. The maximum Gasteiger partial charge on any atom is 0.278 e. The second-order valence-electron chi connectivity index (χ2n) is 3.04. The second-order valence-corrected chi connectivity index (χ2v) is 3.04. The van der Waals surface area contributed by atoms with Crippen molar-refractivity contribution in [1.82, 2.24) is 9.47 Å². The van der Waals surface area contributed by atoms with Crippen molar-refractivity contribution in [2.75, 3.05) is 6.54 Å². The third kappa shape index (κ3) is 0.854. The molecular weight excluding hydrogens is 168 g/mol. The van der Waals surface area contributed by atoms with Gasteiger partial charge in [0.15, 0.2) is 0 Å². The third-order valence-electron chi connectivity index (χ3n) is 2.31. The normalized spacial score (nSPS) is 15.4. The Morgan fingerprint density at radius 1 is 1.31 bits per heavy atom. The van der Waals surface area contributed by atoms with Gasteiger partial charge in [-0.3, -0.25) is 14.5 Å². The van der Waals surface area contributed by atoms with Gasteiger partial charge in [-0.15, -0.1) is 0 Å². The minimum Gasteiger partial charge on any atom is -0.346 e. The Morgan fingerprint density at radius 3 is 2.54 bits per heavy atom. The lowest BCUT2D eigenvalue weighted by molar-refractivity contribution is 0.0658. The minimum atomic E-state index is -0.185. The molecule has 2 heterocycles. The number of hydrogen-bond donors (Lipinski definition) is 0. The van der Waals surface area contributed by atoms with E-state index in [9.17, 15) is 9.59 Å². The molecule has 0 spiro atoms. The zero-order valence-corrected chi connectivity index (χ0v) is 7.57. The summed E-state index contributed by atoms with van der Waals surface area (Å²) < 4.78 is 1.69. The van der Waals surface area contributed by atoms with E-state index < -0.39 is 0 Å². The summed E-state index contributed by atoms with van der Waals surface area (Å²) in [5.74, 6) is -0.363. The van der Waals surface area contributed by atoms with Crippen LogP contribution in [0.15, 0.2) is 12.3 Å². The van der Waals surface area contributed by atoms with Crippen molar-refractivity contribution in [2.24, 2.45) is 7.05 Å². The van der Waals surface area contributed by atoms with Crippen LogP contribution in [-0.2, 0) is 7.05 Å². The molecular formula is C9H10N2O2. The Hall–Kier alpha value is -1.58. The van der Waals surface area contributed by atoms with Gasteiger partial charge in [-0.25, -0.2) is 0 Å². The molecule has 0 atom stereocenters. The molecule has 4 heteroatoms. The number of aromatic nitrogens is 1. The zero-order valence-electron chi connectivity index (χ0n) is 7.57. The summed E-state index contributed by atoms with van der Waals surface area (Å²) >= 11 is 0. The van der Waals surface area contributed by atoms with Gasteiger partial charge in [-0.05, 0) is 13.0 Å². The van der Waals surface area contributed by atoms with Crippen molar-refractivity contribution in [1.29, 1.82) is 0 Å². The second kappa shape index (κ2) is 2.45.